The largest absolute Gasteiger partial charge is 0.385 e. The lowest BCUT2D eigenvalue weighted by Crippen LogP contribution is -2.31. The average Bonchev–Trinajstić information content (AvgIpc) is 2.70. The van der Waals surface area contributed by atoms with E-state index in [0.717, 1.165) is 0 Å². The number of nitrogens with one attached hydrogen (secondary N) is 2. The first-order chi connectivity index (χ1) is 9.10. The van der Waals surface area contributed by atoms with E-state index >= 15 is 0 Å². The summed E-state index contributed by atoms with van der Waals surface area (Å²) in [7, 11) is 1.60. The van der Waals surface area contributed by atoms with Crippen molar-refractivity contribution in [2.45, 2.75) is 26.4 Å². The van der Waals surface area contributed by atoms with E-state index in [2.05, 4.69) is 9.97 Å². The molecule has 2 N–H and O–H groups in total. The summed E-state index contributed by atoms with van der Waals surface area (Å²) >= 11 is 5.16. The lowest BCUT2D eigenvalue weighted by atomic mass is 10.4. The number of rotatable bonds is 5. The van der Waals surface area contributed by atoms with Crippen molar-refractivity contribution in [2.24, 2.45) is 0 Å². The maximum absolute atomic E-state index is 11.9. The van der Waals surface area contributed by atoms with Gasteiger partial charge < -0.3 is 14.3 Å². The minimum Gasteiger partial charge on any atom is -0.385 e. The molecule has 0 aliphatic heterocycles. The van der Waals surface area contributed by atoms with Gasteiger partial charge in [-0.25, -0.2) is 4.79 Å². The number of aromatic nitrogens is 4. The smallest absolute Gasteiger partial charge is 0.330 e. The van der Waals surface area contributed by atoms with Crippen LogP contribution in [0.4, 0.5) is 0 Å². The van der Waals surface area contributed by atoms with Crippen LogP contribution >= 0.6 is 12.2 Å². The van der Waals surface area contributed by atoms with E-state index in [1.165, 1.54) is 4.57 Å². The summed E-state index contributed by atoms with van der Waals surface area (Å²) in [5.41, 5.74) is 0.0199. The zero-order valence-electron chi connectivity index (χ0n) is 10.9. The Balaban J connectivity index is 2.67. The van der Waals surface area contributed by atoms with Crippen molar-refractivity contribution in [1.82, 2.24) is 19.1 Å². The van der Waals surface area contributed by atoms with Crippen LogP contribution in [-0.2, 0) is 17.8 Å². The van der Waals surface area contributed by atoms with Crippen LogP contribution in [-0.4, -0.2) is 32.8 Å². The van der Waals surface area contributed by atoms with Crippen LogP contribution < -0.4 is 11.2 Å². The second-order valence-corrected chi connectivity index (χ2v) is 4.52. The zero-order chi connectivity index (χ0) is 14.0. The fourth-order valence-corrected chi connectivity index (χ4v) is 2.41. The Morgan fingerprint density at radius 3 is 2.63 bits per heavy atom. The number of fused-ring (bicyclic) bond motifs is 1. The molecule has 2 aromatic rings. The molecule has 0 radical (unpaired) electrons. The molecule has 2 heterocycles. The standard InChI is InChI=1S/C11H16N4O3S/c1-3-14-7-8(12-11(14)19)15(5-4-6-18-2)10(17)13-9(7)16/h3-6H2,1-2H3,(H,12,19)(H,13,16,17). The highest BCUT2D eigenvalue weighted by molar-refractivity contribution is 7.71. The predicted octanol–water partition coefficient (Wildman–Crippen LogP) is 0.605. The Morgan fingerprint density at radius 2 is 2.00 bits per heavy atom. The fourth-order valence-electron chi connectivity index (χ4n) is 2.09. The predicted molar refractivity (Wildman–Crippen MR) is 74.2 cm³/mol. The monoisotopic (exact) mass is 284 g/mol. The van der Waals surface area contributed by atoms with Gasteiger partial charge >= 0.3 is 5.69 Å². The van der Waals surface area contributed by atoms with Crippen LogP contribution in [0.5, 0.6) is 0 Å². The van der Waals surface area contributed by atoms with Crippen LogP contribution in [0.1, 0.15) is 13.3 Å². The van der Waals surface area contributed by atoms with Crippen LogP contribution in [0.3, 0.4) is 0 Å². The minimum atomic E-state index is -0.437. The number of H-pyrrole nitrogens is 2. The van der Waals surface area contributed by atoms with Gasteiger partial charge in [-0.05, 0) is 25.6 Å². The molecule has 2 aromatic heterocycles. The normalized spacial score (nSPS) is 11.3. The van der Waals surface area contributed by atoms with Gasteiger partial charge in [0, 0.05) is 26.8 Å². The van der Waals surface area contributed by atoms with Gasteiger partial charge in [0.25, 0.3) is 5.56 Å². The third-order valence-corrected chi connectivity index (χ3v) is 3.28. The number of hydrogen-bond donors (Lipinski definition) is 2. The van der Waals surface area contributed by atoms with Gasteiger partial charge in [0.05, 0.1) is 0 Å². The van der Waals surface area contributed by atoms with Gasteiger partial charge in [0.2, 0.25) is 0 Å². The van der Waals surface area contributed by atoms with Crippen molar-refractivity contribution >= 4 is 23.4 Å². The van der Waals surface area contributed by atoms with E-state index in [-0.39, 0.29) is 0 Å². The number of hydrogen-bond acceptors (Lipinski definition) is 4. The van der Waals surface area contributed by atoms with E-state index in [1.807, 2.05) is 6.92 Å². The Kier molecular flexibility index (Phi) is 4.01. The number of methoxy groups -OCH3 is 1. The lowest BCUT2D eigenvalue weighted by Gasteiger charge is -2.06. The third-order valence-electron chi connectivity index (χ3n) is 2.96. The highest BCUT2D eigenvalue weighted by atomic mass is 32.1. The quantitative estimate of drug-likeness (QED) is 0.622. The number of ether oxygens (including phenoxy) is 1. The first kappa shape index (κ1) is 13.8. The summed E-state index contributed by atoms with van der Waals surface area (Å²) < 4.78 is 8.57. The van der Waals surface area contributed by atoms with Gasteiger partial charge in [-0.1, -0.05) is 0 Å². The van der Waals surface area contributed by atoms with Crippen LogP contribution in [0.15, 0.2) is 9.59 Å². The molecular weight excluding hydrogens is 268 g/mol. The van der Waals surface area contributed by atoms with Crippen molar-refractivity contribution < 1.29 is 4.74 Å². The Labute approximate surface area is 113 Å². The maximum Gasteiger partial charge on any atom is 0.330 e. The molecule has 19 heavy (non-hydrogen) atoms. The molecule has 2 rings (SSSR count). The molecule has 0 unspecified atom stereocenters. The molecule has 0 amide bonds. The summed E-state index contributed by atoms with van der Waals surface area (Å²) in [6.07, 6.45) is 0.676. The fraction of sp³-hybridized carbons (Fsp3) is 0.545. The highest BCUT2D eigenvalue weighted by Crippen LogP contribution is 2.08. The molecule has 0 fully saturated rings. The van der Waals surface area contributed by atoms with E-state index < -0.39 is 11.2 Å². The Bertz CT molecular complexity index is 752. The third kappa shape index (κ3) is 2.41. The summed E-state index contributed by atoms with van der Waals surface area (Å²) in [6.45, 7) is 3.46. The molecule has 7 nitrogen and oxygen atoms in total. The Morgan fingerprint density at radius 1 is 1.26 bits per heavy atom. The Hall–Kier alpha value is -1.67. The molecule has 0 atom stereocenters. The molecule has 0 bridgehead atoms. The van der Waals surface area contributed by atoms with Gasteiger partial charge in [-0.2, -0.15) is 0 Å². The summed E-state index contributed by atoms with van der Waals surface area (Å²) in [5.74, 6) is 0. The van der Waals surface area contributed by atoms with Crippen LogP contribution in [0, 0.1) is 4.77 Å². The SMILES string of the molecule is CCn1c(=S)[nH]c2c1c(=O)[nH]c(=O)n2CCCOC. The van der Waals surface area contributed by atoms with E-state index in [9.17, 15) is 9.59 Å². The molecular formula is C11H16N4O3S. The first-order valence-electron chi connectivity index (χ1n) is 6.04. The number of imidazole rings is 1. The van der Waals surface area contributed by atoms with Crippen LogP contribution in [0.25, 0.3) is 11.2 Å². The molecule has 0 aliphatic rings. The van der Waals surface area contributed by atoms with Gasteiger partial charge in [0.15, 0.2) is 10.3 Å². The molecule has 0 saturated heterocycles. The van der Waals surface area contributed by atoms with Gasteiger partial charge in [-0.3, -0.25) is 14.3 Å². The molecule has 0 aromatic carbocycles. The summed E-state index contributed by atoms with van der Waals surface area (Å²) in [4.78, 5) is 29.0. The lowest BCUT2D eigenvalue weighted by molar-refractivity contribution is 0.190. The molecule has 0 aliphatic carbocycles. The van der Waals surface area contributed by atoms with Crippen molar-refractivity contribution in [3.05, 3.63) is 25.6 Å². The molecule has 104 valence electrons. The topological polar surface area (TPSA) is 84.8 Å². The van der Waals surface area contributed by atoms with Crippen molar-refractivity contribution in [3.63, 3.8) is 0 Å². The molecule has 8 heteroatoms. The molecule has 0 saturated carbocycles. The van der Waals surface area contributed by atoms with E-state index in [1.54, 1.807) is 11.7 Å². The van der Waals surface area contributed by atoms with E-state index in [0.29, 0.717) is 42.1 Å². The van der Waals surface area contributed by atoms with Crippen molar-refractivity contribution in [3.8, 4) is 0 Å². The van der Waals surface area contributed by atoms with Gasteiger partial charge in [-0.15, -0.1) is 0 Å². The maximum atomic E-state index is 11.9. The summed E-state index contributed by atoms with van der Waals surface area (Å²) in [5, 5.41) is 0. The summed E-state index contributed by atoms with van der Waals surface area (Å²) in [6, 6.07) is 0. The second-order valence-electron chi connectivity index (χ2n) is 4.13. The number of aromatic amines is 2. The number of nitrogens with zero attached hydrogens (tertiary/aromatic N) is 2. The highest BCUT2D eigenvalue weighted by Gasteiger charge is 2.13. The zero-order valence-corrected chi connectivity index (χ0v) is 11.7. The number of aryl methyl sites for hydroxylation is 2. The van der Waals surface area contributed by atoms with E-state index in [4.69, 9.17) is 17.0 Å². The minimum absolute atomic E-state index is 0.407. The van der Waals surface area contributed by atoms with Crippen molar-refractivity contribution in [2.75, 3.05) is 13.7 Å². The van der Waals surface area contributed by atoms with Crippen molar-refractivity contribution in [1.29, 1.82) is 0 Å². The van der Waals surface area contributed by atoms with Gasteiger partial charge in [0.1, 0.15) is 5.65 Å². The average molecular weight is 284 g/mol. The van der Waals surface area contributed by atoms with Crippen LogP contribution in [0.2, 0.25) is 0 Å². The second kappa shape index (κ2) is 5.54. The first-order valence-corrected chi connectivity index (χ1v) is 6.45. The molecule has 0 spiro atoms.